The summed E-state index contributed by atoms with van der Waals surface area (Å²) in [5, 5.41) is 11.3. The van der Waals surface area contributed by atoms with Crippen molar-refractivity contribution >= 4 is 43.4 Å². The third-order valence-corrected chi connectivity index (χ3v) is 10.8. The van der Waals surface area contributed by atoms with Crippen LogP contribution in [0, 0.1) is 0 Å². The van der Waals surface area contributed by atoms with Crippen LogP contribution in [-0.2, 0) is 30.8 Å². The minimum Gasteiger partial charge on any atom is -0.493 e. The second-order valence-corrected chi connectivity index (χ2v) is 13.4. The van der Waals surface area contributed by atoms with Crippen LogP contribution in [0.5, 0.6) is 17.2 Å². The van der Waals surface area contributed by atoms with Gasteiger partial charge < -0.3 is 24.1 Å². The lowest BCUT2D eigenvalue weighted by molar-refractivity contribution is -0.155. The second-order valence-electron chi connectivity index (χ2n) is 10.6. The van der Waals surface area contributed by atoms with Gasteiger partial charge in [0.25, 0.3) is 0 Å². The number of hydrogen-bond acceptors (Lipinski definition) is 9. The molecule has 1 N–H and O–H groups in total. The molecule has 0 radical (unpaired) electrons. The third kappa shape index (κ3) is 7.41. The zero-order chi connectivity index (χ0) is 32.0. The van der Waals surface area contributed by atoms with E-state index in [-0.39, 0.29) is 11.4 Å². The van der Waals surface area contributed by atoms with Crippen LogP contribution in [-0.4, -0.2) is 63.2 Å². The van der Waals surface area contributed by atoms with Gasteiger partial charge in [-0.05, 0) is 73.6 Å². The van der Waals surface area contributed by atoms with Crippen molar-refractivity contribution in [1.82, 2.24) is 4.31 Å². The highest BCUT2D eigenvalue weighted by molar-refractivity contribution is 7.89. The van der Waals surface area contributed by atoms with Crippen molar-refractivity contribution in [3.8, 4) is 17.2 Å². The maximum absolute atomic E-state index is 14.0. The number of esters is 1. The number of aliphatic carboxylic acids is 1. The first kappa shape index (κ1) is 32.3. The Morgan fingerprint density at radius 2 is 1.80 bits per heavy atom. The highest BCUT2D eigenvalue weighted by Crippen LogP contribution is 2.36. The first-order valence-corrected chi connectivity index (χ1v) is 16.9. The molecule has 5 rings (SSSR count). The Balaban J connectivity index is 1.42. The van der Waals surface area contributed by atoms with Crippen LogP contribution in [0.1, 0.15) is 42.9 Å². The van der Waals surface area contributed by atoms with Crippen LogP contribution >= 0.6 is 11.3 Å². The number of hydrogen-bond donors (Lipinski definition) is 1. The van der Waals surface area contributed by atoms with Crippen molar-refractivity contribution in [2.24, 2.45) is 0 Å². The summed E-state index contributed by atoms with van der Waals surface area (Å²) >= 11 is 1.35. The predicted octanol–water partition coefficient (Wildman–Crippen LogP) is 5.84. The smallest absolute Gasteiger partial charge is 0.341 e. The Morgan fingerprint density at radius 1 is 1.00 bits per heavy atom. The second kappa shape index (κ2) is 14.3. The fourth-order valence-corrected chi connectivity index (χ4v) is 8.63. The van der Waals surface area contributed by atoms with Crippen molar-refractivity contribution in [3.63, 3.8) is 0 Å². The summed E-state index contributed by atoms with van der Waals surface area (Å²) in [7, 11) is -0.879. The molecule has 12 heteroatoms. The quantitative estimate of drug-likeness (QED) is 0.177. The number of piperidine rings is 1. The molecule has 1 fully saturated rings. The first-order valence-electron chi connectivity index (χ1n) is 14.5. The molecule has 2 heterocycles. The zero-order valence-corrected chi connectivity index (χ0v) is 26.6. The van der Waals surface area contributed by atoms with Gasteiger partial charge in [-0.2, -0.15) is 4.31 Å². The van der Waals surface area contributed by atoms with Gasteiger partial charge in [0.1, 0.15) is 22.8 Å². The van der Waals surface area contributed by atoms with Gasteiger partial charge in [-0.3, -0.25) is 4.79 Å². The monoisotopic (exact) mass is 653 g/mol. The van der Waals surface area contributed by atoms with Crippen LogP contribution in [0.2, 0.25) is 0 Å². The molecule has 1 aromatic heterocycles. The molecular weight excluding hydrogens is 618 g/mol. The summed E-state index contributed by atoms with van der Waals surface area (Å²) < 4.78 is 52.4. The average molecular weight is 654 g/mol. The SMILES string of the molecule is COc1ccc(CC[C@@H](OC(=O)[C@@H]2CCCCN2S(=O)(=O)c2csc3ccccc23)c2cccc(OCC(=O)O)c2)cc1OC. The number of methoxy groups -OCH3 is 2. The van der Waals surface area contributed by atoms with E-state index in [1.807, 2.05) is 24.3 Å². The number of carbonyl (C=O) groups is 2. The van der Waals surface area contributed by atoms with Crippen LogP contribution in [0.25, 0.3) is 10.1 Å². The topological polar surface area (TPSA) is 129 Å². The van der Waals surface area contributed by atoms with E-state index in [0.29, 0.717) is 60.3 Å². The highest BCUT2D eigenvalue weighted by Gasteiger charge is 2.40. The number of carboxylic acids is 1. The number of carboxylic acid groups (broad SMARTS) is 1. The standard InChI is InChI=1S/C33H35NO9S2/c1-40-28-16-14-22(18-29(28)41-2)13-15-27(23-8-7-9-24(19-23)42-20-32(35)36)43-33(37)26-11-5-6-17-34(26)45(38,39)31-21-44-30-12-4-3-10-25(30)31/h3-4,7-10,12,14,16,18-19,21,26-27H,5-6,11,13,15,17,20H2,1-2H3,(H,35,36)/t26-,27+/m0/s1. The normalized spacial score (nSPS) is 16.2. The predicted molar refractivity (Wildman–Crippen MR) is 170 cm³/mol. The molecular formula is C33H35NO9S2. The van der Waals surface area contributed by atoms with Crippen LogP contribution in [0.15, 0.2) is 77.0 Å². The largest absolute Gasteiger partial charge is 0.493 e. The number of aryl methyl sites for hydroxylation is 1. The summed E-state index contributed by atoms with van der Waals surface area (Å²) in [6.45, 7) is -0.313. The molecule has 1 aliphatic rings. The lowest BCUT2D eigenvalue weighted by Gasteiger charge is -2.34. The summed E-state index contributed by atoms with van der Waals surface area (Å²) in [5.74, 6) is -0.282. The van der Waals surface area contributed by atoms with Crippen molar-refractivity contribution < 1.29 is 42.1 Å². The Bertz CT molecular complexity index is 1770. The molecule has 1 aliphatic heterocycles. The maximum atomic E-state index is 14.0. The molecule has 0 unspecified atom stereocenters. The number of benzene rings is 3. The van der Waals surface area contributed by atoms with E-state index in [2.05, 4.69) is 0 Å². The number of ether oxygens (including phenoxy) is 4. The molecule has 0 amide bonds. The van der Waals surface area contributed by atoms with E-state index in [0.717, 1.165) is 10.3 Å². The Morgan fingerprint density at radius 3 is 2.58 bits per heavy atom. The molecule has 0 aliphatic carbocycles. The molecule has 1 saturated heterocycles. The lowest BCUT2D eigenvalue weighted by Crippen LogP contribution is -2.48. The number of nitrogens with zero attached hydrogens (tertiary/aromatic N) is 1. The molecule has 45 heavy (non-hydrogen) atoms. The molecule has 0 spiro atoms. The molecule has 0 bridgehead atoms. The minimum atomic E-state index is -3.99. The van der Waals surface area contributed by atoms with Crippen LogP contribution < -0.4 is 14.2 Å². The highest BCUT2D eigenvalue weighted by atomic mass is 32.2. The van der Waals surface area contributed by atoms with Gasteiger partial charge in [0.15, 0.2) is 18.1 Å². The van der Waals surface area contributed by atoms with Crippen molar-refractivity contribution in [2.45, 2.75) is 49.1 Å². The number of carbonyl (C=O) groups excluding carboxylic acids is 1. The number of fused-ring (bicyclic) bond motifs is 1. The Hall–Kier alpha value is -4.13. The molecule has 3 aromatic carbocycles. The minimum absolute atomic E-state index is 0.191. The van der Waals surface area contributed by atoms with Crippen molar-refractivity contribution in [2.75, 3.05) is 27.4 Å². The van der Waals surface area contributed by atoms with E-state index < -0.39 is 40.7 Å². The molecule has 4 aromatic rings. The number of rotatable bonds is 13. The fraction of sp³-hybridized carbons (Fsp3) is 0.333. The Labute approximate surface area is 266 Å². The van der Waals surface area contributed by atoms with Crippen molar-refractivity contribution in [3.05, 3.63) is 83.2 Å². The van der Waals surface area contributed by atoms with Gasteiger partial charge in [0, 0.05) is 22.0 Å². The van der Waals surface area contributed by atoms with Crippen LogP contribution in [0.4, 0.5) is 0 Å². The van der Waals surface area contributed by atoms with E-state index in [1.165, 1.54) is 15.6 Å². The van der Waals surface area contributed by atoms with Gasteiger partial charge in [0.05, 0.1) is 14.2 Å². The van der Waals surface area contributed by atoms with Crippen LogP contribution in [0.3, 0.4) is 0 Å². The van der Waals surface area contributed by atoms with Gasteiger partial charge in [-0.15, -0.1) is 11.3 Å². The number of sulfonamides is 1. The first-order chi connectivity index (χ1) is 21.7. The van der Waals surface area contributed by atoms with E-state index in [9.17, 15) is 18.0 Å². The summed E-state index contributed by atoms with van der Waals surface area (Å²) in [5.41, 5.74) is 1.51. The van der Waals surface area contributed by atoms with E-state index >= 15 is 0 Å². The summed E-state index contributed by atoms with van der Waals surface area (Å²) in [4.78, 5) is 25.2. The Kier molecular flexibility index (Phi) is 10.3. The lowest BCUT2D eigenvalue weighted by atomic mass is 10.00. The fourth-order valence-electron chi connectivity index (χ4n) is 5.50. The van der Waals surface area contributed by atoms with Gasteiger partial charge in [-0.25, -0.2) is 13.2 Å². The molecule has 2 atom stereocenters. The van der Waals surface area contributed by atoms with Crippen molar-refractivity contribution in [1.29, 1.82) is 0 Å². The number of thiophene rings is 1. The molecule has 10 nitrogen and oxygen atoms in total. The van der Waals surface area contributed by atoms with E-state index in [1.54, 1.807) is 62.1 Å². The average Bonchev–Trinajstić information content (AvgIpc) is 3.51. The van der Waals surface area contributed by atoms with Gasteiger partial charge >= 0.3 is 11.9 Å². The summed E-state index contributed by atoms with van der Waals surface area (Å²) in [6.07, 6.45) is 1.74. The summed E-state index contributed by atoms with van der Waals surface area (Å²) in [6, 6.07) is 18.6. The third-order valence-electron chi connectivity index (χ3n) is 7.75. The van der Waals surface area contributed by atoms with Gasteiger partial charge in [0.2, 0.25) is 10.0 Å². The molecule has 238 valence electrons. The van der Waals surface area contributed by atoms with Gasteiger partial charge in [-0.1, -0.05) is 36.4 Å². The molecule has 0 saturated carbocycles. The zero-order valence-electron chi connectivity index (χ0n) is 25.0. The maximum Gasteiger partial charge on any atom is 0.341 e. The van der Waals surface area contributed by atoms with E-state index in [4.69, 9.17) is 24.1 Å².